The molecule has 0 saturated heterocycles. The Bertz CT molecular complexity index is 753. The van der Waals surface area contributed by atoms with E-state index in [0.717, 1.165) is 51.3 Å². The first kappa shape index (κ1) is 14.8. The van der Waals surface area contributed by atoms with Gasteiger partial charge in [-0.1, -0.05) is 48.3 Å². The Hall–Kier alpha value is -1.13. The van der Waals surface area contributed by atoms with E-state index in [0.29, 0.717) is 0 Å². The molecule has 1 saturated carbocycles. The molecule has 5 heteroatoms. The number of amides is 1. The van der Waals surface area contributed by atoms with E-state index in [1.54, 1.807) is 0 Å². The molecule has 0 atom stereocenters. The van der Waals surface area contributed by atoms with Crippen LogP contribution in [0, 0.1) is 12.8 Å². The molecule has 2 aromatic rings. The number of halogens is 1. The van der Waals surface area contributed by atoms with Crippen molar-refractivity contribution in [2.24, 2.45) is 18.0 Å². The van der Waals surface area contributed by atoms with Crippen molar-refractivity contribution < 1.29 is 4.79 Å². The summed E-state index contributed by atoms with van der Waals surface area (Å²) < 4.78 is 3.00. The minimum atomic E-state index is 0.0330. The van der Waals surface area contributed by atoms with Crippen LogP contribution in [0.3, 0.4) is 0 Å². The van der Waals surface area contributed by atoms with Gasteiger partial charge in [0.15, 0.2) is 4.80 Å². The quantitative estimate of drug-likeness (QED) is 0.774. The zero-order valence-corrected chi connectivity index (χ0v) is 13.9. The molecule has 1 heterocycles. The summed E-state index contributed by atoms with van der Waals surface area (Å²) in [7, 11) is 1.95. The highest BCUT2D eigenvalue weighted by molar-refractivity contribution is 7.17. The number of hydrogen-bond donors (Lipinski definition) is 0. The standard InChI is InChI=1S/C16H19ClN2OS/c1-10-8-9-12(17)14-13(10)19(2)16(21-14)18-15(20)11-6-4-3-5-7-11/h8-9,11H,3-7H2,1-2H3. The average Bonchev–Trinajstić information content (AvgIpc) is 2.82. The molecule has 3 nitrogen and oxygen atoms in total. The van der Waals surface area contributed by atoms with E-state index >= 15 is 0 Å². The Morgan fingerprint density at radius 3 is 2.71 bits per heavy atom. The fourth-order valence-electron chi connectivity index (χ4n) is 3.05. The van der Waals surface area contributed by atoms with Crippen molar-refractivity contribution in [3.63, 3.8) is 0 Å². The van der Waals surface area contributed by atoms with Gasteiger partial charge < -0.3 is 4.57 Å². The smallest absolute Gasteiger partial charge is 0.251 e. The van der Waals surface area contributed by atoms with Crippen molar-refractivity contribution >= 4 is 39.1 Å². The van der Waals surface area contributed by atoms with Gasteiger partial charge in [0.05, 0.1) is 15.2 Å². The normalized spacial score (nSPS) is 17.6. The van der Waals surface area contributed by atoms with Crippen LogP contribution in [0.4, 0.5) is 0 Å². The van der Waals surface area contributed by atoms with Crippen LogP contribution < -0.4 is 4.80 Å². The van der Waals surface area contributed by atoms with Gasteiger partial charge in [-0.15, -0.1) is 0 Å². The number of carbonyl (C=O) groups is 1. The molecule has 1 aromatic heterocycles. The minimum Gasteiger partial charge on any atom is -0.319 e. The van der Waals surface area contributed by atoms with Crippen LogP contribution in [0.15, 0.2) is 17.1 Å². The van der Waals surface area contributed by atoms with Crippen LogP contribution in [0.1, 0.15) is 37.7 Å². The van der Waals surface area contributed by atoms with Crippen LogP contribution in [-0.2, 0) is 11.8 Å². The topological polar surface area (TPSA) is 34.4 Å². The third kappa shape index (κ3) is 2.79. The van der Waals surface area contributed by atoms with Crippen LogP contribution in [0.25, 0.3) is 10.2 Å². The van der Waals surface area contributed by atoms with E-state index in [1.165, 1.54) is 17.8 Å². The fraction of sp³-hybridized carbons (Fsp3) is 0.500. The van der Waals surface area contributed by atoms with Gasteiger partial charge in [-0.05, 0) is 31.4 Å². The Morgan fingerprint density at radius 1 is 1.33 bits per heavy atom. The molecule has 0 aliphatic heterocycles. The number of nitrogens with zero attached hydrogens (tertiary/aromatic N) is 2. The molecule has 21 heavy (non-hydrogen) atoms. The molecular weight excluding hydrogens is 304 g/mol. The Balaban J connectivity index is 2.06. The molecule has 112 valence electrons. The predicted molar refractivity (Wildman–Crippen MR) is 87.7 cm³/mol. The number of aromatic nitrogens is 1. The largest absolute Gasteiger partial charge is 0.319 e. The molecule has 0 N–H and O–H groups in total. The zero-order chi connectivity index (χ0) is 15.0. The lowest BCUT2D eigenvalue weighted by Crippen LogP contribution is -2.20. The summed E-state index contributed by atoms with van der Waals surface area (Å²) in [6.07, 6.45) is 5.51. The first-order valence-corrected chi connectivity index (χ1v) is 8.60. The van der Waals surface area contributed by atoms with Crippen LogP contribution in [-0.4, -0.2) is 10.5 Å². The van der Waals surface area contributed by atoms with Gasteiger partial charge in [0.2, 0.25) is 0 Å². The number of benzene rings is 1. The summed E-state index contributed by atoms with van der Waals surface area (Å²) in [6.45, 7) is 2.05. The second-order valence-corrected chi connectivity index (χ2v) is 7.16. The first-order valence-electron chi connectivity index (χ1n) is 7.41. The van der Waals surface area contributed by atoms with E-state index < -0.39 is 0 Å². The van der Waals surface area contributed by atoms with E-state index in [1.807, 2.05) is 23.7 Å². The van der Waals surface area contributed by atoms with Crippen LogP contribution in [0.2, 0.25) is 5.02 Å². The minimum absolute atomic E-state index is 0.0330. The molecule has 0 spiro atoms. The maximum atomic E-state index is 12.4. The first-order chi connectivity index (χ1) is 10.1. The Morgan fingerprint density at radius 2 is 2.05 bits per heavy atom. The van der Waals surface area contributed by atoms with E-state index in [9.17, 15) is 4.79 Å². The monoisotopic (exact) mass is 322 g/mol. The highest BCUT2D eigenvalue weighted by atomic mass is 35.5. The summed E-state index contributed by atoms with van der Waals surface area (Å²) in [6, 6.07) is 3.91. The lowest BCUT2D eigenvalue weighted by molar-refractivity contribution is -0.122. The predicted octanol–water partition coefficient (Wildman–Crippen LogP) is 4.21. The molecule has 0 radical (unpaired) electrons. The van der Waals surface area contributed by atoms with Crippen molar-refractivity contribution in [3.05, 3.63) is 27.5 Å². The lowest BCUT2D eigenvalue weighted by atomic mass is 9.89. The number of rotatable bonds is 1. The third-order valence-electron chi connectivity index (χ3n) is 4.26. The molecule has 1 aliphatic rings. The summed E-state index contributed by atoms with van der Waals surface area (Å²) in [5.74, 6) is 0.145. The average molecular weight is 323 g/mol. The van der Waals surface area contributed by atoms with Crippen molar-refractivity contribution in [1.82, 2.24) is 4.57 Å². The number of carbonyl (C=O) groups excluding carboxylic acids is 1. The van der Waals surface area contributed by atoms with Gasteiger partial charge in [0, 0.05) is 13.0 Å². The maximum absolute atomic E-state index is 12.4. The van der Waals surface area contributed by atoms with Crippen LogP contribution >= 0.6 is 22.9 Å². The van der Waals surface area contributed by atoms with Gasteiger partial charge in [-0.3, -0.25) is 4.79 Å². The number of thiazole rings is 1. The molecular formula is C16H19ClN2OS. The molecule has 1 aromatic carbocycles. The Labute approximate surface area is 133 Å². The summed E-state index contributed by atoms with van der Waals surface area (Å²) in [5.41, 5.74) is 2.22. The molecule has 1 aliphatic carbocycles. The molecule has 1 fully saturated rings. The van der Waals surface area contributed by atoms with Crippen molar-refractivity contribution in [3.8, 4) is 0 Å². The molecule has 0 unspecified atom stereocenters. The number of fused-ring (bicyclic) bond motifs is 1. The van der Waals surface area contributed by atoms with E-state index in [2.05, 4.69) is 11.9 Å². The van der Waals surface area contributed by atoms with Gasteiger partial charge >= 0.3 is 0 Å². The second kappa shape index (κ2) is 5.93. The molecule has 0 bridgehead atoms. The van der Waals surface area contributed by atoms with Gasteiger partial charge in [0.1, 0.15) is 0 Å². The van der Waals surface area contributed by atoms with Gasteiger partial charge in [-0.25, -0.2) is 0 Å². The van der Waals surface area contributed by atoms with Crippen molar-refractivity contribution in [1.29, 1.82) is 0 Å². The molecule has 3 rings (SSSR count). The van der Waals surface area contributed by atoms with E-state index in [-0.39, 0.29) is 11.8 Å². The zero-order valence-electron chi connectivity index (χ0n) is 12.4. The fourth-order valence-corrected chi connectivity index (χ4v) is 4.42. The second-order valence-electron chi connectivity index (χ2n) is 5.77. The SMILES string of the molecule is Cc1ccc(Cl)c2sc(=NC(=O)C3CCCCC3)n(C)c12. The third-order valence-corrected chi connectivity index (χ3v) is 5.85. The highest BCUT2D eigenvalue weighted by Gasteiger charge is 2.21. The molecule has 1 amide bonds. The van der Waals surface area contributed by atoms with Gasteiger partial charge in [0.25, 0.3) is 5.91 Å². The summed E-state index contributed by atoms with van der Waals surface area (Å²) >= 11 is 7.77. The number of aryl methyl sites for hydroxylation is 2. The van der Waals surface area contributed by atoms with Gasteiger partial charge in [-0.2, -0.15) is 4.99 Å². The number of hydrogen-bond acceptors (Lipinski definition) is 2. The highest BCUT2D eigenvalue weighted by Crippen LogP contribution is 2.28. The summed E-state index contributed by atoms with van der Waals surface area (Å²) in [5, 5.41) is 0.725. The maximum Gasteiger partial charge on any atom is 0.251 e. The summed E-state index contributed by atoms with van der Waals surface area (Å²) in [4.78, 5) is 17.5. The van der Waals surface area contributed by atoms with Crippen LogP contribution in [0.5, 0.6) is 0 Å². The van der Waals surface area contributed by atoms with E-state index in [4.69, 9.17) is 11.6 Å². The Kier molecular flexibility index (Phi) is 4.18. The lowest BCUT2D eigenvalue weighted by Gasteiger charge is -2.17. The van der Waals surface area contributed by atoms with Crippen molar-refractivity contribution in [2.45, 2.75) is 39.0 Å². The van der Waals surface area contributed by atoms with Crippen molar-refractivity contribution in [2.75, 3.05) is 0 Å².